The van der Waals surface area contributed by atoms with Gasteiger partial charge in [0.25, 0.3) is 0 Å². The molecular formula is C12H15FN6O. The van der Waals surface area contributed by atoms with Crippen LogP contribution in [0.5, 0.6) is 0 Å². The number of halogens is 1. The fraction of sp³-hybridized carbons (Fsp3) is 0.333. The molecule has 0 radical (unpaired) electrons. The van der Waals surface area contributed by atoms with Crippen LogP contribution in [0.1, 0.15) is 12.2 Å². The van der Waals surface area contributed by atoms with Gasteiger partial charge in [-0.15, -0.1) is 5.10 Å². The predicted molar refractivity (Wildman–Crippen MR) is 71.0 cm³/mol. The summed E-state index contributed by atoms with van der Waals surface area (Å²) in [5.74, 6) is -0.151. The molecule has 0 fully saturated rings. The molecule has 106 valence electrons. The summed E-state index contributed by atoms with van der Waals surface area (Å²) in [4.78, 5) is 11.6. The Balaban J connectivity index is 2.21. The number of carbonyl (C=O) groups is 1. The Morgan fingerprint density at radius 2 is 2.25 bits per heavy atom. The number of rotatable bonds is 5. The summed E-state index contributed by atoms with van der Waals surface area (Å²) in [7, 11) is 1.77. The summed E-state index contributed by atoms with van der Waals surface area (Å²) in [5, 5.41) is 16.5. The van der Waals surface area contributed by atoms with Gasteiger partial charge in [0.15, 0.2) is 5.82 Å². The minimum atomic E-state index is -0.464. The second-order valence-corrected chi connectivity index (χ2v) is 4.21. The zero-order valence-corrected chi connectivity index (χ0v) is 11.2. The summed E-state index contributed by atoms with van der Waals surface area (Å²) < 4.78 is 15.1. The van der Waals surface area contributed by atoms with Crippen LogP contribution >= 0.6 is 0 Å². The van der Waals surface area contributed by atoms with Crippen molar-refractivity contribution in [3.63, 3.8) is 0 Å². The molecule has 0 bridgehead atoms. The first-order chi connectivity index (χ1) is 9.61. The quantitative estimate of drug-likeness (QED) is 0.839. The maximum atomic E-state index is 13.8. The minimum Gasteiger partial charge on any atom is -0.326 e. The lowest BCUT2D eigenvalue weighted by Crippen LogP contribution is -2.19. The van der Waals surface area contributed by atoms with Crippen molar-refractivity contribution in [3.8, 4) is 5.69 Å². The molecule has 0 atom stereocenters. The highest BCUT2D eigenvalue weighted by Gasteiger charge is 2.11. The molecule has 0 unspecified atom stereocenters. The van der Waals surface area contributed by atoms with Crippen LogP contribution in [0, 0.1) is 12.7 Å². The number of tetrazole rings is 1. The van der Waals surface area contributed by atoms with Gasteiger partial charge in [0, 0.05) is 18.7 Å². The molecule has 0 aliphatic rings. The van der Waals surface area contributed by atoms with Gasteiger partial charge >= 0.3 is 0 Å². The molecule has 0 aliphatic carbocycles. The second-order valence-electron chi connectivity index (χ2n) is 4.21. The van der Waals surface area contributed by atoms with E-state index in [1.54, 1.807) is 14.0 Å². The van der Waals surface area contributed by atoms with Crippen molar-refractivity contribution in [3.05, 3.63) is 29.8 Å². The number of carbonyl (C=O) groups excluding carboxylic acids is 1. The van der Waals surface area contributed by atoms with Gasteiger partial charge in [-0.2, -0.15) is 4.68 Å². The Labute approximate surface area is 115 Å². The summed E-state index contributed by atoms with van der Waals surface area (Å²) in [5.41, 5.74) is 0.691. The Hall–Kier alpha value is -2.35. The number of hydrogen-bond acceptors (Lipinski definition) is 5. The third kappa shape index (κ3) is 3.15. The zero-order valence-electron chi connectivity index (χ0n) is 11.2. The number of nitrogens with zero attached hydrogens (tertiary/aromatic N) is 4. The van der Waals surface area contributed by atoms with Crippen molar-refractivity contribution in [2.75, 3.05) is 18.9 Å². The van der Waals surface area contributed by atoms with E-state index in [1.807, 2.05) is 0 Å². The molecule has 0 saturated carbocycles. The van der Waals surface area contributed by atoms with E-state index in [4.69, 9.17) is 0 Å². The molecule has 1 aromatic heterocycles. The van der Waals surface area contributed by atoms with Gasteiger partial charge in [-0.1, -0.05) is 0 Å². The summed E-state index contributed by atoms with van der Waals surface area (Å²) in [6.45, 7) is 2.24. The first-order valence-electron chi connectivity index (χ1n) is 6.11. The molecule has 2 rings (SSSR count). The minimum absolute atomic E-state index is 0.148. The lowest BCUT2D eigenvalue weighted by Gasteiger charge is -2.08. The average Bonchev–Trinajstić information content (AvgIpc) is 2.85. The van der Waals surface area contributed by atoms with Crippen LogP contribution in [-0.2, 0) is 4.79 Å². The topological polar surface area (TPSA) is 84.7 Å². The van der Waals surface area contributed by atoms with Crippen LogP contribution in [0.3, 0.4) is 0 Å². The second kappa shape index (κ2) is 6.20. The number of benzene rings is 1. The standard InChI is InChI=1S/C12H15FN6O/c1-8-16-17-18-19(8)11-7-9(3-4-10(11)13)15-12(20)5-6-14-2/h3-4,7,14H,5-6H2,1-2H3,(H,15,20). The van der Waals surface area contributed by atoms with Crippen molar-refractivity contribution in [1.29, 1.82) is 0 Å². The van der Waals surface area contributed by atoms with Crippen LogP contribution in [0.15, 0.2) is 18.2 Å². The number of amides is 1. The van der Waals surface area contributed by atoms with Crippen molar-refractivity contribution in [1.82, 2.24) is 25.5 Å². The van der Waals surface area contributed by atoms with Crippen LogP contribution in [0.2, 0.25) is 0 Å². The number of hydrogen-bond donors (Lipinski definition) is 2. The van der Waals surface area contributed by atoms with E-state index in [9.17, 15) is 9.18 Å². The van der Waals surface area contributed by atoms with Crippen LogP contribution in [-0.4, -0.2) is 39.7 Å². The molecule has 2 N–H and O–H groups in total. The Morgan fingerprint density at radius 1 is 1.45 bits per heavy atom. The first kappa shape index (κ1) is 14.1. The number of aromatic nitrogens is 4. The molecule has 8 heteroatoms. The normalized spacial score (nSPS) is 10.6. The van der Waals surface area contributed by atoms with Crippen molar-refractivity contribution in [2.45, 2.75) is 13.3 Å². The van der Waals surface area contributed by atoms with Crippen LogP contribution in [0.25, 0.3) is 5.69 Å². The lowest BCUT2D eigenvalue weighted by atomic mass is 10.2. The predicted octanol–water partition coefficient (Wildman–Crippen LogP) is 0.658. The van der Waals surface area contributed by atoms with Gasteiger partial charge in [-0.3, -0.25) is 4.79 Å². The highest BCUT2D eigenvalue weighted by Crippen LogP contribution is 2.18. The van der Waals surface area contributed by atoms with E-state index in [2.05, 4.69) is 26.2 Å². The Kier molecular flexibility index (Phi) is 4.36. The van der Waals surface area contributed by atoms with E-state index in [0.717, 1.165) is 0 Å². The number of nitrogens with one attached hydrogen (secondary N) is 2. The maximum Gasteiger partial charge on any atom is 0.225 e. The molecule has 7 nitrogen and oxygen atoms in total. The molecule has 1 heterocycles. The monoisotopic (exact) mass is 278 g/mol. The van der Waals surface area contributed by atoms with Gasteiger partial charge in [0.2, 0.25) is 5.91 Å². The van der Waals surface area contributed by atoms with Gasteiger partial charge in [0.05, 0.1) is 0 Å². The highest BCUT2D eigenvalue weighted by molar-refractivity contribution is 5.91. The van der Waals surface area contributed by atoms with E-state index in [1.165, 1.54) is 22.9 Å². The van der Waals surface area contributed by atoms with Gasteiger partial charge in [-0.25, -0.2) is 4.39 Å². The molecule has 0 spiro atoms. The van der Waals surface area contributed by atoms with Crippen molar-refractivity contribution < 1.29 is 9.18 Å². The SMILES string of the molecule is CNCCC(=O)Nc1ccc(F)c(-n2nnnc2C)c1. The maximum absolute atomic E-state index is 13.8. The summed E-state index contributed by atoms with van der Waals surface area (Å²) in [6.07, 6.45) is 0.340. The van der Waals surface area contributed by atoms with Crippen LogP contribution in [0.4, 0.5) is 10.1 Å². The smallest absolute Gasteiger partial charge is 0.225 e. The third-order valence-electron chi connectivity index (χ3n) is 2.69. The van der Waals surface area contributed by atoms with Crippen LogP contribution < -0.4 is 10.6 Å². The lowest BCUT2D eigenvalue weighted by molar-refractivity contribution is -0.116. The largest absolute Gasteiger partial charge is 0.326 e. The summed E-state index contributed by atoms with van der Waals surface area (Å²) >= 11 is 0. The van der Waals surface area contributed by atoms with E-state index in [0.29, 0.717) is 24.5 Å². The number of aryl methyl sites for hydroxylation is 1. The van der Waals surface area contributed by atoms with Crippen molar-refractivity contribution >= 4 is 11.6 Å². The fourth-order valence-corrected chi connectivity index (χ4v) is 1.67. The third-order valence-corrected chi connectivity index (χ3v) is 2.69. The molecule has 20 heavy (non-hydrogen) atoms. The first-order valence-corrected chi connectivity index (χ1v) is 6.11. The molecule has 0 aliphatic heterocycles. The number of anilines is 1. The fourth-order valence-electron chi connectivity index (χ4n) is 1.67. The summed E-state index contributed by atoms with van der Waals surface area (Å²) in [6, 6.07) is 4.26. The molecule has 1 amide bonds. The zero-order chi connectivity index (χ0) is 14.5. The Bertz CT molecular complexity index is 612. The van der Waals surface area contributed by atoms with Gasteiger partial charge in [-0.05, 0) is 42.6 Å². The van der Waals surface area contributed by atoms with E-state index >= 15 is 0 Å². The average molecular weight is 278 g/mol. The highest BCUT2D eigenvalue weighted by atomic mass is 19.1. The molecule has 0 saturated heterocycles. The molecular weight excluding hydrogens is 263 g/mol. The molecule has 1 aromatic carbocycles. The van der Waals surface area contributed by atoms with Gasteiger partial charge in [0.1, 0.15) is 11.5 Å². The Morgan fingerprint density at radius 3 is 2.90 bits per heavy atom. The molecule has 2 aromatic rings. The van der Waals surface area contributed by atoms with Gasteiger partial charge < -0.3 is 10.6 Å². The van der Waals surface area contributed by atoms with Crippen molar-refractivity contribution in [2.24, 2.45) is 0 Å². The van der Waals surface area contributed by atoms with E-state index in [-0.39, 0.29) is 11.6 Å². The van der Waals surface area contributed by atoms with E-state index < -0.39 is 5.82 Å².